The van der Waals surface area contributed by atoms with Gasteiger partial charge in [0.2, 0.25) is 0 Å². The number of aryl methyl sites for hydroxylation is 1. The Morgan fingerprint density at radius 1 is 1.03 bits per heavy atom. The van der Waals surface area contributed by atoms with Gasteiger partial charge in [-0.3, -0.25) is 9.36 Å². The van der Waals surface area contributed by atoms with Gasteiger partial charge in [-0.25, -0.2) is 14.2 Å². The molecule has 0 saturated carbocycles. The minimum Gasteiger partial charge on any atom is -0.407 e. The maximum Gasteiger partial charge on any atom is 0.415 e. The molecular formula is C28H23BrFN3O3. The van der Waals surface area contributed by atoms with Gasteiger partial charge in [0.15, 0.2) is 11.6 Å². The molecule has 6 nitrogen and oxygen atoms in total. The largest absolute Gasteiger partial charge is 0.415 e. The van der Waals surface area contributed by atoms with Crippen LogP contribution in [0.3, 0.4) is 0 Å². The Morgan fingerprint density at radius 2 is 1.67 bits per heavy atom. The lowest BCUT2D eigenvalue weighted by molar-refractivity contribution is 0.144. The summed E-state index contributed by atoms with van der Waals surface area (Å²) in [5.74, 6) is -0.243. The van der Waals surface area contributed by atoms with E-state index in [9.17, 15) is 14.0 Å². The van der Waals surface area contributed by atoms with Crippen molar-refractivity contribution in [2.75, 3.05) is 6.54 Å². The minimum absolute atomic E-state index is 0.116. The molecule has 182 valence electrons. The molecule has 0 spiro atoms. The maximum absolute atomic E-state index is 14.1. The number of nitrogens with zero attached hydrogens (tertiary/aromatic N) is 3. The van der Waals surface area contributed by atoms with Crippen molar-refractivity contribution in [3.8, 4) is 5.75 Å². The topological polar surface area (TPSA) is 64.4 Å². The molecule has 0 unspecified atom stereocenters. The molecule has 0 saturated heterocycles. The molecule has 0 aliphatic carbocycles. The highest BCUT2D eigenvalue weighted by molar-refractivity contribution is 9.10. The first kappa shape index (κ1) is 23.9. The van der Waals surface area contributed by atoms with Crippen LogP contribution in [-0.4, -0.2) is 27.1 Å². The monoisotopic (exact) mass is 547 g/mol. The third-order valence-electron chi connectivity index (χ3n) is 6.28. The summed E-state index contributed by atoms with van der Waals surface area (Å²) < 4.78 is 21.7. The van der Waals surface area contributed by atoms with E-state index >= 15 is 0 Å². The van der Waals surface area contributed by atoms with Crippen LogP contribution in [-0.2, 0) is 13.0 Å². The Hall–Kier alpha value is -3.78. The average molecular weight is 548 g/mol. The van der Waals surface area contributed by atoms with E-state index < -0.39 is 11.9 Å². The highest BCUT2D eigenvalue weighted by Crippen LogP contribution is 2.28. The van der Waals surface area contributed by atoms with Crippen LogP contribution in [0.4, 0.5) is 9.18 Å². The second-order valence-corrected chi connectivity index (χ2v) is 9.51. The fourth-order valence-electron chi connectivity index (χ4n) is 4.56. The lowest BCUT2D eigenvalue weighted by atomic mass is 9.97. The SMILES string of the molecule is Cc1nc2c(c(=O)n1C(c1ccccc1)c1ccccc1)CCN(C(=O)Oc1ccc(Br)cc1F)C2. The predicted molar refractivity (Wildman–Crippen MR) is 138 cm³/mol. The van der Waals surface area contributed by atoms with Gasteiger partial charge in [-0.2, -0.15) is 0 Å². The van der Waals surface area contributed by atoms with Gasteiger partial charge in [0.25, 0.3) is 5.56 Å². The van der Waals surface area contributed by atoms with Crippen LogP contribution in [0.5, 0.6) is 5.75 Å². The van der Waals surface area contributed by atoms with Crippen LogP contribution in [0.2, 0.25) is 0 Å². The molecule has 0 atom stereocenters. The number of aromatic nitrogens is 2. The van der Waals surface area contributed by atoms with Gasteiger partial charge >= 0.3 is 6.09 Å². The number of halogens is 2. The molecule has 0 N–H and O–H groups in total. The number of ether oxygens (including phenoxy) is 1. The number of benzene rings is 3. The van der Waals surface area contributed by atoms with Crippen LogP contribution in [0.25, 0.3) is 0 Å². The first-order valence-electron chi connectivity index (χ1n) is 11.5. The van der Waals surface area contributed by atoms with Crippen molar-refractivity contribution in [3.63, 3.8) is 0 Å². The van der Waals surface area contributed by atoms with E-state index in [-0.39, 0.29) is 30.4 Å². The van der Waals surface area contributed by atoms with Crippen LogP contribution in [0, 0.1) is 12.7 Å². The highest BCUT2D eigenvalue weighted by atomic mass is 79.9. The van der Waals surface area contributed by atoms with E-state index in [4.69, 9.17) is 9.72 Å². The molecule has 36 heavy (non-hydrogen) atoms. The molecule has 4 aromatic rings. The third kappa shape index (κ3) is 4.68. The molecule has 0 radical (unpaired) electrons. The lowest BCUT2D eigenvalue weighted by Gasteiger charge is -2.30. The van der Waals surface area contributed by atoms with E-state index in [1.54, 1.807) is 17.6 Å². The molecular weight excluding hydrogens is 525 g/mol. The summed E-state index contributed by atoms with van der Waals surface area (Å²) in [5.41, 5.74) is 2.95. The maximum atomic E-state index is 14.1. The van der Waals surface area contributed by atoms with Crippen molar-refractivity contribution >= 4 is 22.0 Å². The summed E-state index contributed by atoms with van der Waals surface area (Å²) in [6.45, 7) is 2.19. The zero-order valence-corrected chi connectivity index (χ0v) is 21.1. The smallest absolute Gasteiger partial charge is 0.407 e. The highest BCUT2D eigenvalue weighted by Gasteiger charge is 2.29. The molecule has 1 aromatic heterocycles. The molecule has 1 aliphatic rings. The average Bonchev–Trinajstić information content (AvgIpc) is 2.88. The van der Waals surface area contributed by atoms with Crippen molar-refractivity contribution in [1.29, 1.82) is 0 Å². The second kappa shape index (κ2) is 10.1. The minimum atomic E-state index is -0.683. The quantitative estimate of drug-likeness (QED) is 0.331. The fraction of sp³-hybridized carbons (Fsp3) is 0.179. The van der Waals surface area contributed by atoms with Crippen LogP contribution >= 0.6 is 15.9 Å². The van der Waals surface area contributed by atoms with Crippen molar-refractivity contribution < 1.29 is 13.9 Å². The Balaban J connectivity index is 1.47. The van der Waals surface area contributed by atoms with Crippen LogP contribution < -0.4 is 10.3 Å². The predicted octanol–water partition coefficient (Wildman–Crippen LogP) is 5.65. The molecule has 8 heteroatoms. The number of hydrogen-bond donors (Lipinski definition) is 0. The fourth-order valence-corrected chi connectivity index (χ4v) is 4.89. The van der Waals surface area contributed by atoms with Crippen LogP contribution in [0.1, 0.15) is 34.3 Å². The number of carbonyl (C=O) groups is 1. The molecule has 1 amide bonds. The molecule has 3 aromatic carbocycles. The Labute approximate surface area is 216 Å². The first-order valence-corrected chi connectivity index (χ1v) is 12.3. The number of hydrogen-bond acceptors (Lipinski definition) is 4. The van der Waals surface area contributed by atoms with E-state index in [0.717, 1.165) is 11.1 Å². The van der Waals surface area contributed by atoms with Crippen LogP contribution in [0.15, 0.2) is 88.1 Å². The zero-order chi connectivity index (χ0) is 25.2. The standard InChI is InChI=1S/C28H23BrFN3O3/c1-18-31-24-17-32(28(35)36-25-13-12-21(29)16-23(25)30)15-14-22(24)27(34)33(18)26(19-8-4-2-5-9-19)20-10-6-3-7-11-20/h2-13,16,26H,14-15,17H2,1H3. The number of amides is 1. The summed E-state index contributed by atoms with van der Waals surface area (Å²) in [5, 5.41) is 0. The van der Waals surface area contributed by atoms with Crippen molar-refractivity contribution in [2.24, 2.45) is 0 Å². The van der Waals surface area contributed by atoms with E-state index in [1.165, 1.54) is 17.0 Å². The van der Waals surface area contributed by atoms with Gasteiger partial charge in [0.05, 0.1) is 18.3 Å². The molecule has 1 aliphatic heterocycles. The van der Waals surface area contributed by atoms with Gasteiger partial charge in [-0.15, -0.1) is 0 Å². The van der Waals surface area contributed by atoms with Crippen molar-refractivity contribution in [2.45, 2.75) is 25.9 Å². The summed E-state index contributed by atoms with van der Waals surface area (Å²) in [6.07, 6.45) is -0.354. The zero-order valence-electron chi connectivity index (χ0n) is 19.5. The number of rotatable bonds is 4. The van der Waals surface area contributed by atoms with Gasteiger partial charge in [0, 0.05) is 16.6 Å². The van der Waals surface area contributed by atoms with Crippen molar-refractivity contribution in [1.82, 2.24) is 14.5 Å². The van der Waals surface area contributed by atoms with Crippen molar-refractivity contribution in [3.05, 3.63) is 128 Å². The van der Waals surface area contributed by atoms with Gasteiger partial charge in [-0.05, 0) is 42.7 Å². The molecule has 0 bridgehead atoms. The van der Waals surface area contributed by atoms with Gasteiger partial charge in [-0.1, -0.05) is 76.6 Å². The van der Waals surface area contributed by atoms with E-state index in [1.807, 2.05) is 60.7 Å². The Morgan fingerprint density at radius 3 is 2.28 bits per heavy atom. The molecule has 5 rings (SSSR count). The van der Waals surface area contributed by atoms with E-state index in [2.05, 4.69) is 15.9 Å². The Bertz CT molecular complexity index is 1440. The van der Waals surface area contributed by atoms with Gasteiger partial charge < -0.3 is 9.64 Å². The lowest BCUT2D eigenvalue weighted by Crippen LogP contribution is -2.43. The second-order valence-electron chi connectivity index (χ2n) is 8.60. The normalized spacial score (nSPS) is 12.9. The summed E-state index contributed by atoms with van der Waals surface area (Å²) >= 11 is 3.19. The third-order valence-corrected chi connectivity index (χ3v) is 6.77. The molecule has 0 fully saturated rings. The summed E-state index contributed by atoms with van der Waals surface area (Å²) in [7, 11) is 0. The van der Waals surface area contributed by atoms with E-state index in [0.29, 0.717) is 28.0 Å². The molecule has 2 heterocycles. The summed E-state index contributed by atoms with van der Waals surface area (Å²) in [4.78, 5) is 32.7. The Kier molecular flexibility index (Phi) is 6.69. The number of fused-ring (bicyclic) bond motifs is 1. The number of carbonyl (C=O) groups excluding carboxylic acids is 1. The van der Waals surface area contributed by atoms with Gasteiger partial charge in [0.1, 0.15) is 5.82 Å². The summed E-state index contributed by atoms with van der Waals surface area (Å²) in [6, 6.07) is 23.6. The first-order chi connectivity index (χ1) is 17.4.